The standard InChI is InChI=1S/C49H53N7O9/c1-29(2)26-39-43(59)55-38-23-14-10-18-31(38)34(27-36-40-52-35-21-12-9-19-32(35)42(58)54(40)37-22-13-11-20-33(37)41(57)53-36)49(55,63)56(39)44(60)48(50,45(61)65-47(3,4)5)24-15-25-51-46(62)64-28-30-16-7-6-8-17-30/h6-14,16-23,29,34,36,39,63H,15,24-28,50H2,1-5H3,(H,51,62)(H,53,57). The zero-order valence-electron chi connectivity index (χ0n) is 36.9. The summed E-state index contributed by atoms with van der Waals surface area (Å²) in [6, 6.07) is 27.0. The van der Waals surface area contributed by atoms with E-state index in [0.717, 1.165) is 10.5 Å². The largest absolute Gasteiger partial charge is 0.458 e. The van der Waals surface area contributed by atoms with Crippen molar-refractivity contribution < 1.29 is 38.6 Å². The molecule has 5 unspecified atom stereocenters. The van der Waals surface area contributed by atoms with Gasteiger partial charge in [-0.2, -0.15) is 0 Å². The van der Waals surface area contributed by atoms with Crippen molar-refractivity contribution in [1.29, 1.82) is 0 Å². The number of hydrogen-bond acceptors (Lipinski definition) is 11. The van der Waals surface area contributed by atoms with E-state index in [1.54, 1.807) is 93.6 Å². The van der Waals surface area contributed by atoms with Crippen LogP contribution in [0.2, 0.25) is 0 Å². The highest BCUT2D eigenvalue weighted by molar-refractivity contribution is 6.13. The number of carbonyl (C=O) groups is 5. The van der Waals surface area contributed by atoms with Crippen molar-refractivity contribution in [3.05, 3.63) is 136 Å². The Hall–Kier alpha value is -6.91. The number of esters is 1. The Morgan fingerprint density at radius 2 is 1.57 bits per heavy atom. The summed E-state index contributed by atoms with van der Waals surface area (Å²) < 4.78 is 12.5. The molecule has 16 heteroatoms. The Morgan fingerprint density at radius 3 is 2.29 bits per heavy atom. The topological polar surface area (TPSA) is 215 Å². The fraction of sp³-hybridized carbons (Fsp3) is 0.367. The summed E-state index contributed by atoms with van der Waals surface area (Å²) in [7, 11) is 0. The van der Waals surface area contributed by atoms with E-state index >= 15 is 4.79 Å². The molecule has 0 saturated carbocycles. The molecular formula is C49H53N7O9. The highest BCUT2D eigenvalue weighted by atomic mass is 16.6. The molecular weight excluding hydrogens is 831 g/mol. The second kappa shape index (κ2) is 17.2. The van der Waals surface area contributed by atoms with Crippen molar-refractivity contribution in [3.63, 3.8) is 0 Å². The van der Waals surface area contributed by atoms with Gasteiger partial charge in [0.15, 0.2) is 5.54 Å². The van der Waals surface area contributed by atoms with Crippen LogP contribution in [0.5, 0.6) is 0 Å². The van der Waals surface area contributed by atoms with Gasteiger partial charge in [0.05, 0.1) is 39.8 Å². The van der Waals surface area contributed by atoms with Gasteiger partial charge in [0.2, 0.25) is 5.85 Å². The van der Waals surface area contributed by atoms with E-state index < -0.39 is 70.3 Å². The van der Waals surface area contributed by atoms with Crippen LogP contribution >= 0.6 is 0 Å². The maximum Gasteiger partial charge on any atom is 0.407 e. The van der Waals surface area contributed by atoms with Gasteiger partial charge in [-0.05, 0) is 93.8 Å². The van der Waals surface area contributed by atoms with Gasteiger partial charge >= 0.3 is 12.1 Å². The molecule has 3 aliphatic rings. The maximum absolute atomic E-state index is 15.6. The number of ether oxygens (including phenoxy) is 2. The highest BCUT2D eigenvalue weighted by Gasteiger charge is 2.69. The van der Waals surface area contributed by atoms with Crippen LogP contribution in [-0.4, -0.2) is 78.9 Å². The van der Waals surface area contributed by atoms with Crippen LogP contribution in [0, 0.1) is 5.92 Å². The van der Waals surface area contributed by atoms with Gasteiger partial charge < -0.3 is 30.9 Å². The highest BCUT2D eigenvalue weighted by Crippen LogP contribution is 2.56. The molecule has 1 saturated heterocycles. The fourth-order valence-electron chi connectivity index (χ4n) is 9.19. The molecule has 8 rings (SSSR count). The maximum atomic E-state index is 15.6. The molecule has 0 radical (unpaired) electrons. The summed E-state index contributed by atoms with van der Waals surface area (Å²) >= 11 is 0. The van der Waals surface area contributed by atoms with Crippen LogP contribution in [0.4, 0.5) is 10.5 Å². The minimum absolute atomic E-state index is 0.00975. The number of nitrogens with zero attached hydrogens (tertiary/aromatic N) is 4. The van der Waals surface area contributed by atoms with Gasteiger partial charge in [-0.1, -0.05) is 86.6 Å². The molecule has 16 nitrogen and oxygen atoms in total. The van der Waals surface area contributed by atoms with E-state index in [4.69, 9.17) is 20.2 Å². The number of amides is 4. The average Bonchev–Trinajstić information content (AvgIpc) is 3.59. The Morgan fingerprint density at radius 1 is 0.908 bits per heavy atom. The van der Waals surface area contributed by atoms with E-state index in [9.17, 15) is 29.1 Å². The summed E-state index contributed by atoms with van der Waals surface area (Å²) in [5.74, 6) is -6.96. The number of nitrogens with two attached hydrogens (primary N) is 1. The quantitative estimate of drug-likeness (QED) is 0.0713. The third kappa shape index (κ3) is 8.12. The van der Waals surface area contributed by atoms with Gasteiger partial charge in [-0.25, -0.2) is 14.6 Å². The Balaban J connectivity index is 1.20. The van der Waals surface area contributed by atoms with Gasteiger partial charge in [-0.3, -0.25) is 33.5 Å². The first-order chi connectivity index (χ1) is 30.9. The number of para-hydroxylation sites is 3. The van der Waals surface area contributed by atoms with Crippen LogP contribution in [-0.2, 0) is 30.5 Å². The van der Waals surface area contributed by atoms with E-state index in [1.165, 1.54) is 9.47 Å². The summed E-state index contributed by atoms with van der Waals surface area (Å²) in [5.41, 5.74) is 5.47. The summed E-state index contributed by atoms with van der Waals surface area (Å²) in [6.07, 6.45) is -1.20. The molecule has 4 heterocycles. The van der Waals surface area contributed by atoms with Crippen molar-refractivity contribution in [2.45, 2.75) is 102 Å². The molecule has 65 heavy (non-hydrogen) atoms. The van der Waals surface area contributed by atoms with Crippen molar-refractivity contribution in [2.75, 3.05) is 11.4 Å². The normalized spacial score (nSPS) is 20.8. The molecule has 5 aromatic rings. The molecule has 1 aromatic heterocycles. The lowest BCUT2D eigenvalue weighted by Gasteiger charge is -2.44. The predicted molar refractivity (Wildman–Crippen MR) is 240 cm³/mol. The van der Waals surface area contributed by atoms with Gasteiger partial charge in [0.1, 0.15) is 24.1 Å². The zero-order chi connectivity index (χ0) is 46.4. The molecule has 338 valence electrons. The smallest absolute Gasteiger partial charge is 0.407 e. The first-order valence-corrected chi connectivity index (χ1v) is 21.8. The first-order valence-electron chi connectivity index (χ1n) is 21.8. The van der Waals surface area contributed by atoms with Crippen LogP contribution in [0.25, 0.3) is 16.6 Å². The first kappa shape index (κ1) is 44.7. The van der Waals surface area contributed by atoms with E-state index in [-0.39, 0.29) is 56.1 Å². The minimum atomic E-state index is -2.50. The third-order valence-corrected chi connectivity index (χ3v) is 12.1. The van der Waals surface area contributed by atoms with Crippen LogP contribution in [0.1, 0.15) is 99.6 Å². The Kier molecular flexibility index (Phi) is 11.8. The molecule has 5 atom stereocenters. The molecule has 1 fully saturated rings. The monoisotopic (exact) mass is 883 g/mol. The number of alkyl carbamates (subject to hydrolysis) is 1. The minimum Gasteiger partial charge on any atom is -0.458 e. The molecule has 5 N–H and O–H groups in total. The van der Waals surface area contributed by atoms with Crippen LogP contribution in [0.15, 0.2) is 108 Å². The lowest BCUT2D eigenvalue weighted by atomic mass is 9.85. The lowest BCUT2D eigenvalue weighted by molar-refractivity contribution is -0.179. The van der Waals surface area contributed by atoms with Crippen molar-refractivity contribution in [3.8, 4) is 5.69 Å². The molecule has 0 spiro atoms. The van der Waals surface area contributed by atoms with Crippen molar-refractivity contribution in [2.24, 2.45) is 11.7 Å². The SMILES string of the molecule is CC(C)CC1C(=O)N2c3ccccc3C(CC3NC(=O)c4ccccc4-n4c3nc3ccccc3c4=O)C2(O)N1C(=O)C(N)(CCCNC(=O)OCc1ccccc1)C(=O)OC(C)(C)C. The van der Waals surface area contributed by atoms with Gasteiger partial charge in [0.25, 0.3) is 23.3 Å². The number of carbonyl (C=O) groups excluding carboxylic acids is 5. The van der Waals surface area contributed by atoms with Crippen LogP contribution < -0.4 is 26.8 Å². The predicted octanol–water partition coefficient (Wildman–Crippen LogP) is 5.34. The number of aliphatic hydroxyl groups is 1. The molecule has 4 amide bonds. The second-order valence-electron chi connectivity index (χ2n) is 18.3. The number of benzene rings is 4. The van der Waals surface area contributed by atoms with E-state index in [0.29, 0.717) is 27.8 Å². The number of aromatic nitrogens is 2. The molecule has 3 aliphatic heterocycles. The Labute approximate surface area is 375 Å². The summed E-state index contributed by atoms with van der Waals surface area (Å²) in [4.78, 5) is 93.3. The van der Waals surface area contributed by atoms with Gasteiger partial charge in [0, 0.05) is 6.54 Å². The molecule has 4 aromatic carbocycles. The number of fused-ring (bicyclic) bond motifs is 7. The number of anilines is 1. The third-order valence-electron chi connectivity index (χ3n) is 12.1. The summed E-state index contributed by atoms with van der Waals surface area (Å²) in [6.45, 7) is 8.58. The number of nitrogens with one attached hydrogen (secondary N) is 2. The zero-order valence-corrected chi connectivity index (χ0v) is 36.9. The lowest BCUT2D eigenvalue weighted by Crippen LogP contribution is -2.68. The fourth-order valence-corrected chi connectivity index (χ4v) is 9.19. The van der Waals surface area contributed by atoms with Crippen LogP contribution in [0.3, 0.4) is 0 Å². The van der Waals surface area contributed by atoms with Crippen molar-refractivity contribution in [1.82, 2.24) is 25.1 Å². The average molecular weight is 884 g/mol. The van der Waals surface area contributed by atoms with E-state index in [1.807, 2.05) is 44.2 Å². The Bertz CT molecular complexity index is 2750. The molecule has 0 aliphatic carbocycles. The molecule has 0 bridgehead atoms. The van der Waals surface area contributed by atoms with Gasteiger partial charge in [-0.15, -0.1) is 0 Å². The second-order valence-corrected chi connectivity index (χ2v) is 18.3. The van der Waals surface area contributed by atoms with Crippen molar-refractivity contribution >= 4 is 46.4 Å². The number of rotatable bonds is 12. The number of hydrogen-bond donors (Lipinski definition) is 4. The summed E-state index contributed by atoms with van der Waals surface area (Å²) in [5, 5.41) is 19.6. The van der Waals surface area contributed by atoms with E-state index in [2.05, 4.69) is 10.6 Å².